The fraction of sp³-hybridized carbons (Fsp3) is 0.533. The first-order valence-electron chi connectivity index (χ1n) is 6.87. The summed E-state index contributed by atoms with van der Waals surface area (Å²) in [5, 5.41) is 3.46. The van der Waals surface area contributed by atoms with E-state index in [1.807, 2.05) is 12.4 Å². The molecule has 3 heteroatoms. The van der Waals surface area contributed by atoms with E-state index in [-0.39, 0.29) is 0 Å². The van der Waals surface area contributed by atoms with Gasteiger partial charge in [0.05, 0.1) is 17.4 Å². The molecule has 1 N–H and O–H groups in total. The molecular weight excluding hydrogens is 222 g/mol. The van der Waals surface area contributed by atoms with E-state index in [2.05, 4.69) is 54.0 Å². The van der Waals surface area contributed by atoms with Gasteiger partial charge in [0.15, 0.2) is 0 Å². The van der Waals surface area contributed by atoms with Crippen LogP contribution in [0.25, 0.3) is 11.0 Å². The molecule has 0 radical (unpaired) electrons. The Kier molecular flexibility index (Phi) is 4.37. The molecule has 1 atom stereocenters. The molecule has 0 spiro atoms. The summed E-state index contributed by atoms with van der Waals surface area (Å²) < 4.78 is 2.26. The van der Waals surface area contributed by atoms with Gasteiger partial charge in [0.2, 0.25) is 0 Å². The molecule has 18 heavy (non-hydrogen) atoms. The number of nitrogens with zero attached hydrogens (tertiary/aromatic N) is 2. The maximum atomic E-state index is 4.45. The van der Waals surface area contributed by atoms with E-state index < -0.39 is 0 Å². The van der Waals surface area contributed by atoms with E-state index in [0.29, 0.717) is 6.04 Å². The van der Waals surface area contributed by atoms with Gasteiger partial charge in [-0.05, 0) is 25.1 Å². The van der Waals surface area contributed by atoms with E-state index in [4.69, 9.17) is 0 Å². The Morgan fingerprint density at radius 3 is 2.61 bits per heavy atom. The number of aromatic nitrogens is 2. The van der Waals surface area contributed by atoms with Gasteiger partial charge < -0.3 is 9.88 Å². The summed E-state index contributed by atoms with van der Waals surface area (Å²) in [5.74, 6) is 0.719. The molecule has 2 aromatic rings. The van der Waals surface area contributed by atoms with Crippen molar-refractivity contribution >= 4 is 11.0 Å². The molecule has 0 amide bonds. The smallest absolute Gasteiger partial charge is 0.0958 e. The molecule has 1 heterocycles. The van der Waals surface area contributed by atoms with Gasteiger partial charge >= 0.3 is 0 Å². The van der Waals surface area contributed by atoms with Crippen LogP contribution in [0.15, 0.2) is 30.6 Å². The predicted octanol–water partition coefficient (Wildman–Crippen LogP) is 3.06. The summed E-state index contributed by atoms with van der Waals surface area (Å²) in [6, 6.07) is 8.83. The molecule has 0 aliphatic carbocycles. The number of imidazole rings is 1. The molecule has 2 rings (SSSR count). The van der Waals surface area contributed by atoms with E-state index in [1.165, 1.54) is 18.4 Å². The zero-order valence-corrected chi connectivity index (χ0v) is 11.6. The van der Waals surface area contributed by atoms with Crippen LogP contribution in [0, 0.1) is 5.92 Å². The Balaban J connectivity index is 2.21. The maximum Gasteiger partial charge on any atom is 0.0958 e. The van der Waals surface area contributed by atoms with Crippen LogP contribution in [0.3, 0.4) is 0 Å². The number of rotatable bonds is 6. The van der Waals surface area contributed by atoms with Gasteiger partial charge in [-0.2, -0.15) is 0 Å². The minimum atomic E-state index is 0.512. The Morgan fingerprint density at radius 2 is 1.94 bits per heavy atom. The van der Waals surface area contributed by atoms with E-state index >= 15 is 0 Å². The summed E-state index contributed by atoms with van der Waals surface area (Å²) in [7, 11) is 2.06. The first kappa shape index (κ1) is 13.1. The number of para-hydroxylation sites is 2. The maximum absolute atomic E-state index is 4.45. The minimum absolute atomic E-state index is 0.512. The molecule has 1 unspecified atom stereocenters. The summed E-state index contributed by atoms with van der Waals surface area (Å²) >= 11 is 0. The quantitative estimate of drug-likeness (QED) is 0.847. The second-order valence-corrected chi connectivity index (χ2v) is 4.86. The minimum Gasteiger partial charge on any atom is -0.329 e. The Morgan fingerprint density at radius 1 is 1.22 bits per heavy atom. The zero-order chi connectivity index (χ0) is 13.0. The van der Waals surface area contributed by atoms with Crippen LogP contribution < -0.4 is 5.32 Å². The average Bonchev–Trinajstić information content (AvgIpc) is 2.82. The van der Waals surface area contributed by atoms with Crippen molar-refractivity contribution in [3.63, 3.8) is 0 Å². The van der Waals surface area contributed by atoms with Gasteiger partial charge in [-0.15, -0.1) is 0 Å². The first-order valence-corrected chi connectivity index (χ1v) is 6.87. The van der Waals surface area contributed by atoms with Crippen molar-refractivity contribution in [3.05, 3.63) is 30.6 Å². The lowest BCUT2D eigenvalue weighted by atomic mass is 9.94. The van der Waals surface area contributed by atoms with Crippen molar-refractivity contribution in [2.45, 2.75) is 39.3 Å². The van der Waals surface area contributed by atoms with Crippen molar-refractivity contribution in [3.8, 4) is 0 Å². The van der Waals surface area contributed by atoms with Gasteiger partial charge in [0.25, 0.3) is 0 Å². The van der Waals surface area contributed by atoms with Crippen molar-refractivity contribution in [2.75, 3.05) is 7.05 Å². The van der Waals surface area contributed by atoms with Crippen molar-refractivity contribution < 1.29 is 0 Å². The Bertz CT molecular complexity index is 485. The summed E-state index contributed by atoms with van der Waals surface area (Å²) in [6.07, 6.45) is 4.39. The van der Waals surface area contributed by atoms with Gasteiger partial charge in [0, 0.05) is 12.6 Å². The molecule has 0 aliphatic heterocycles. The molecule has 0 saturated carbocycles. The number of benzene rings is 1. The highest BCUT2D eigenvalue weighted by atomic mass is 15.1. The van der Waals surface area contributed by atoms with Crippen molar-refractivity contribution in [2.24, 2.45) is 5.92 Å². The lowest BCUT2D eigenvalue weighted by Gasteiger charge is -2.25. The molecule has 0 aliphatic rings. The summed E-state index contributed by atoms with van der Waals surface area (Å²) in [6.45, 7) is 5.53. The third kappa shape index (κ3) is 2.56. The SMILES string of the molecule is CCC(CC)C(Cn1cnc2ccccc21)NC. The van der Waals surface area contributed by atoms with Crippen molar-refractivity contribution in [1.82, 2.24) is 14.9 Å². The normalized spacial score (nSPS) is 13.3. The average molecular weight is 245 g/mol. The second kappa shape index (κ2) is 6.01. The van der Waals surface area contributed by atoms with Gasteiger partial charge in [-0.3, -0.25) is 0 Å². The van der Waals surface area contributed by atoms with Gasteiger partial charge in [-0.25, -0.2) is 4.98 Å². The first-order chi connectivity index (χ1) is 8.80. The number of hydrogen-bond acceptors (Lipinski definition) is 2. The highest BCUT2D eigenvalue weighted by Crippen LogP contribution is 2.18. The van der Waals surface area contributed by atoms with Crippen LogP contribution >= 0.6 is 0 Å². The van der Waals surface area contributed by atoms with E-state index in [1.54, 1.807) is 0 Å². The number of hydrogen-bond donors (Lipinski definition) is 1. The third-order valence-corrected chi connectivity index (χ3v) is 3.91. The molecule has 0 bridgehead atoms. The monoisotopic (exact) mass is 245 g/mol. The Labute approximate surface area is 109 Å². The molecule has 1 aromatic carbocycles. The molecule has 0 saturated heterocycles. The summed E-state index contributed by atoms with van der Waals surface area (Å²) in [4.78, 5) is 4.45. The Hall–Kier alpha value is -1.35. The van der Waals surface area contributed by atoms with Crippen molar-refractivity contribution in [1.29, 1.82) is 0 Å². The van der Waals surface area contributed by atoms with Crippen LogP contribution in [-0.4, -0.2) is 22.6 Å². The number of nitrogens with one attached hydrogen (secondary N) is 1. The fourth-order valence-corrected chi connectivity index (χ4v) is 2.70. The van der Waals surface area contributed by atoms with Crippen LogP contribution in [0.4, 0.5) is 0 Å². The van der Waals surface area contributed by atoms with Crippen LogP contribution in [0.5, 0.6) is 0 Å². The van der Waals surface area contributed by atoms with E-state index in [0.717, 1.165) is 18.0 Å². The topological polar surface area (TPSA) is 29.9 Å². The predicted molar refractivity (Wildman–Crippen MR) is 76.7 cm³/mol. The van der Waals surface area contributed by atoms with Gasteiger partial charge in [0.1, 0.15) is 0 Å². The van der Waals surface area contributed by atoms with Gasteiger partial charge in [-0.1, -0.05) is 38.8 Å². The van der Waals surface area contributed by atoms with Crippen LogP contribution in [-0.2, 0) is 6.54 Å². The number of likely N-dealkylation sites (N-methyl/N-ethyl adjacent to an activating group) is 1. The third-order valence-electron chi connectivity index (χ3n) is 3.91. The standard InChI is InChI=1S/C15H23N3/c1-4-12(5-2)14(16-3)10-18-11-17-13-8-6-7-9-15(13)18/h6-9,11-12,14,16H,4-5,10H2,1-3H3. The highest BCUT2D eigenvalue weighted by Gasteiger charge is 2.17. The molecule has 1 aromatic heterocycles. The lowest BCUT2D eigenvalue weighted by molar-refractivity contribution is 0.320. The molecule has 0 fully saturated rings. The fourth-order valence-electron chi connectivity index (χ4n) is 2.70. The lowest BCUT2D eigenvalue weighted by Crippen LogP contribution is -2.36. The highest BCUT2D eigenvalue weighted by molar-refractivity contribution is 5.74. The molecule has 98 valence electrons. The summed E-state index contributed by atoms with van der Waals surface area (Å²) in [5.41, 5.74) is 2.31. The van der Waals surface area contributed by atoms with Crippen LogP contribution in [0.2, 0.25) is 0 Å². The number of fused-ring (bicyclic) bond motifs is 1. The zero-order valence-electron chi connectivity index (χ0n) is 11.6. The van der Waals surface area contributed by atoms with E-state index in [9.17, 15) is 0 Å². The molecular formula is C15H23N3. The largest absolute Gasteiger partial charge is 0.329 e. The second-order valence-electron chi connectivity index (χ2n) is 4.86. The van der Waals surface area contributed by atoms with Crippen LogP contribution in [0.1, 0.15) is 26.7 Å². The molecule has 3 nitrogen and oxygen atoms in total.